The average molecular weight is 505 g/mol. The van der Waals surface area contributed by atoms with Crippen LogP contribution in [0.4, 0.5) is 9.59 Å². The fraction of sp³-hybridized carbons (Fsp3) is 0.800. The second kappa shape index (κ2) is 23.4. The van der Waals surface area contributed by atoms with Gasteiger partial charge in [0.15, 0.2) is 0 Å². The second-order valence-electron chi connectivity index (χ2n) is 10.4. The van der Waals surface area contributed by atoms with Gasteiger partial charge in [-0.05, 0) is 51.4 Å². The van der Waals surface area contributed by atoms with Crippen molar-refractivity contribution in [3.8, 4) is 0 Å². The summed E-state index contributed by atoms with van der Waals surface area (Å²) >= 11 is 0. The van der Waals surface area contributed by atoms with E-state index >= 15 is 0 Å². The maximum Gasteiger partial charge on any atom is 0.315 e. The molecule has 0 aromatic rings. The molecule has 0 bridgehead atoms. The Bertz CT molecular complexity index is 531. The lowest BCUT2D eigenvalue weighted by Gasteiger charge is -2.32. The number of rotatable bonds is 22. The van der Waals surface area contributed by atoms with Gasteiger partial charge < -0.3 is 21.3 Å². The first-order chi connectivity index (χ1) is 17.7. The Labute approximate surface area is 221 Å². The van der Waals surface area contributed by atoms with E-state index in [1.54, 1.807) is 0 Å². The molecule has 1 fully saturated rings. The molecule has 208 valence electrons. The van der Waals surface area contributed by atoms with Gasteiger partial charge in [0.25, 0.3) is 0 Å². The van der Waals surface area contributed by atoms with Crippen LogP contribution in [0.1, 0.15) is 128 Å². The first kappa shape index (κ1) is 32.0. The molecule has 0 heterocycles. The van der Waals surface area contributed by atoms with E-state index in [9.17, 15) is 9.59 Å². The predicted octanol–water partition coefficient (Wildman–Crippen LogP) is 7.51. The SMILES string of the molecule is C=CCCCCCCCCCNC(=O)N[C@@H]1CCCC[C@H]1NC(=O)NCCCCCCCCCC=C. The summed E-state index contributed by atoms with van der Waals surface area (Å²) in [5.41, 5.74) is 0. The molecule has 4 amide bonds. The lowest BCUT2D eigenvalue weighted by atomic mass is 9.90. The van der Waals surface area contributed by atoms with E-state index in [2.05, 4.69) is 34.4 Å². The summed E-state index contributed by atoms with van der Waals surface area (Å²) < 4.78 is 0. The lowest BCUT2D eigenvalue weighted by Crippen LogP contribution is -2.56. The highest BCUT2D eigenvalue weighted by molar-refractivity contribution is 5.75. The molecule has 0 saturated heterocycles. The van der Waals surface area contributed by atoms with Gasteiger partial charge in [0.1, 0.15) is 0 Å². The van der Waals surface area contributed by atoms with E-state index < -0.39 is 0 Å². The van der Waals surface area contributed by atoms with Crippen molar-refractivity contribution in [2.75, 3.05) is 13.1 Å². The molecule has 6 nitrogen and oxygen atoms in total. The van der Waals surface area contributed by atoms with Gasteiger partial charge in [-0.2, -0.15) is 0 Å². The Hall–Kier alpha value is -1.98. The van der Waals surface area contributed by atoms with Crippen molar-refractivity contribution in [1.82, 2.24) is 21.3 Å². The molecular formula is C30H56N4O2. The van der Waals surface area contributed by atoms with Gasteiger partial charge in [0.05, 0.1) is 12.1 Å². The summed E-state index contributed by atoms with van der Waals surface area (Å²) in [7, 11) is 0. The quantitative estimate of drug-likeness (QED) is 0.0908. The molecular weight excluding hydrogens is 448 g/mol. The fourth-order valence-electron chi connectivity index (χ4n) is 4.91. The molecule has 0 aliphatic heterocycles. The van der Waals surface area contributed by atoms with Crippen molar-refractivity contribution in [2.24, 2.45) is 0 Å². The van der Waals surface area contributed by atoms with E-state index in [-0.39, 0.29) is 24.1 Å². The summed E-state index contributed by atoms with van der Waals surface area (Å²) in [6.07, 6.45) is 27.3. The molecule has 0 aromatic heterocycles. The zero-order valence-electron chi connectivity index (χ0n) is 23.1. The molecule has 0 aromatic carbocycles. The first-order valence-electron chi connectivity index (χ1n) is 15.0. The van der Waals surface area contributed by atoms with Crippen molar-refractivity contribution < 1.29 is 9.59 Å². The number of nitrogens with one attached hydrogen (secondary N) is 4. The summed E-state index contributed by atoms with van der Waals surface area (Å²) in [5.74, 6) is 0. The molecule has 1 saturated carbocycles. The molecule has 1 aliphatic rings. The highest BCUT2D eigenvalue weighted by Crippen LogP contribution is 2.18. The number of urea groups is 2. The number of unbranched alkanes of at least 4 members (excludes halogenated alkanes) is 14. The van der Waals surface area contributed by atoms with Gasteiger partial charge in [-0.25, -0.2) is 9.59 Å². The van der Waals surface area contributed by atoms with Crippen LogP contribution in [-0.4, -0.2) is 37.2 Å². The third-order valence-corrected chi connectivity index (χ3v) is 7.14. The number of carbonyl (C=O) groups excluding carboxylic acids is 2. The van der Waals surface area contributed by atoms with Crippen LogP contribution in [0.5, 0.6) is 0 Å². The fourth-order valence-corrected chi connectivity index (χ4v) is 4.91. The molecule has 1 rings (SSSR count). The lowest BCUT2D eigenvalue weighted by molar-refractivity contribution is 0.213. The Morgan fingerprint density at radius 1 is 0.556 bits per heavy atom. The van der Waals surface area contributed by atoms with E-state index in [0.29, 0.717) is 13.1 Å². The van der Waals surface area contributed by atoms with Gasteiger partial charge in [0.2, 0.25) is 0 Å². The minimum atomic E-state index is -0.108. The number of hydrogen-bond acceptors (Lipinski definition) is 2. The average Bonchev–Trinajstić information content (AvgIpc) is 2.87. The molecule has 0 radical (unpaired) electrons. The molecule has 1 aliphatic carbocycles. The van der Waals surface area contributed by atoms with Crippen LogP contribution in [0.15, 0.2) is 25.3 Å². The van der Waals surface area contributed by atoms with E-state index in [1.165, 1.54) is 64.2 Å². The third kappa shape index (κ3) is 18.3. The summed E-state index contributed by atoms with van der Waals surface area (Å²) in [5, 5.41) is 12.2. The number of carbonyl (C=O) groups is 2. The largest absolute Gasteiger partial charge is 0.338 e. The van der Waals surface area contributed by atoms with Gasteiger partial charge in [0, 0.05) is 13.1 Å². The van der Waals surface area contributed by atoms with E-state index in [1.807, 2.05) is 12.2 Å². The Balaban J connectivity index is 2.08. The van der Waals surface area contributed by atoms with Crippen LogP contribution in [0.2, 0.25) is 0 Å². The van der Waals surface area contributed by atoms with Crippen LogP contribution < -0.4 is 21.3 Å². The number of amides is 4. The summed E-state index contributed by atoms with van der Waals surface area (Å²) in [6.45, 7) is 8.95. The monoisotopic (exact) mass is 504 g/mol. The first-order valence-corrected chi connectivity index (χ1v) is 15.0. The molecule has 36 heavy (non-hydrogen) atoms. The van der Waals surface area contributed by atoms with Gasteiger partial charge in [-0.1, -0.05) is 89.2 Å². The maximum atomic E-state index is 12.4. The third-order valence-electron chi connectivity index (χ3n) is 7.14. The standard InChI is InChI=1S/C30H56N4O2/c1-3-5-7-9-11-13-15-17-21-25-31-29(35)33-27-23-19-20-24-28(27)34-30(36)32-26-22-18-16-14-12-10-8-6-4-2/h3-4,27-28H,1-2,5-26H2,(H2,31,33,35)(H2,32,34,36)/t27-,28-/m1/s1. The zero-order chi connectivity index (χ0) is 26.1. The zero-order valence-corrected chi connectivity index (χ0v) is 23.1. The van der Waals surface area contributed by atoms with Gasteiger partial charge in [-0.15, -0.1) is 13.2 Å². The topological polar surface area (TPSA) is 82.3 Å². The highest BCUT2D eigenvalue weighted by atomic mass is 16.2. The minimum Gasteiger partial charge on any atom is -0.338 e. The van der Waals surface area contributed by atoms with E-state index in [0.717, 1.165) is 64.2 Å². The molecule has 0 spiro atoms. The van der Waals surface area contributed by atoms with Crippen molar-refractivity contribution >= 4 is 12.1 Å². The predicted molar refractivity (Wildman–Crippen MR) is 153 cm³/mol. The number of hydrogen-bond donors (Lipinski definition) is 4. The van der Waals surface area contributed by atoms with Gasteiger partial charge in [-0.3, -0.25) is 0 Å². The Morgan fingerprint density at radius 3 is 1.25 bits per heavy atom. The summed E-state index contributed by atoms with van der Waals surface area (Å²) in [6, 6.07) is -0.214. The van der Waals surface area contributed by atoms with E-state index in [4.69, 9.17) is 0 Å². The van der Waals surface area contributed by atoms with Crippen LogP contribution in [-0.2, 0) is 0 Å². The van der Waals surface area contributed by atoms with Crippen molar-refractivity contribution in [2.45, 2.75) is 141 Å². The van der Waals surface area contributed by atoms with Crippen molar-refractivity contribution in [1.29, 1.82) is 0 Å². The van der Waals surface area contributed by atoms with Crippen LogP contribution in [0, 0.1) is 0 Å². The normalized spacial score (nSPS) is 17.2. The molecule has 4 N–H and O–H groups in total. The molecule has 2 atom stereocenters. The van der Waals surface area contributed by atoms with Crippen LogP contribution in [0.3, 0.4) is 0 Å². The molecule has 6 heteroatoms. The second-order valence-corrected chi connectivity index (χ2v) is 10.4. The Morgan fingerprint density at radius 2 is 0.889 bits per heavy atom. The smallest absolute Gasteiger partial charge is 0.315 e. The summed E-state index contributed by atoms with van der Waals surface area (Å²) in [4.78, 5) is 24.8. The maximum absolute atomic E-state index is 12.4. The Kier molecular flexibility index (Phi) is 20.9. The number of allylic oxidation sites excluding steroid dienone is 2. The molecule has 0 unspecified atom stereocenters. The van der Waals surface area contributed by atoms with Crippen LogP contribution in [0.25, 0.3) is 0 Å². The minimum absolute atomic E-state index is 0.00107. The highest BCUT2D eigenvalue weighted by Gasteiger charge is 2.27. The van der Waals surface area contributed by atoms with Crippen molar-refractivity contribution in [3.63, 3.8) is 0 Å². The van der Waals surface area contributed by atoms with Crippen molar-refractivity contribution in [3.05, 3.63) is 25.3 Å². The van der Waals surface area contributed by atoms with Crippen LogP contribution >= 0.6 is 0 Å². The van der Waals surface area contributed by atoms with Gasteiger partial charge >= 0.3 is 12.1 Å².